The van der Waals surface area contributed by atoms with Gasteiger partial charge in [0.1, 0.15) is 6.29 Å². The van der Waals surface area contributed by atoms with E-state index in [0.29, 0.717) is 5.69 Å². The molecule has 1 aliphatic heterocycles. The monoisotopic (exact) mass is 437 g/mol. The summed E-state index contributed by atoms with van der Waals surface area (Å²) < 4.78 is 4.79. The molecule has 2 bridgehead atoms. The highest BCUT2D eigenvalue weighted by Crippen LogP contribution is 2.63. The summed E-state index contributed by atoms with van der Waals surface area (Å²) in [6, 6.07) is 21.5. The zero-order valence-corrected chi connectivity index (χ0v) is 17.7. The summed E-state index contributed by atoms with van der Waals surface area (Å²) in [5.41, 5.74) is 2.70. The van der Waals surface area contributed by atoms with Gasteiger partial charge in [0, 0.05) is 5.92 Å². The Bertz CT molecular complexity index is 1330. The quantitative estimate of drug-likeness (QED) is 0.357. The third kappa shape index (κ3) is 2.27. The molecule has 0 unspecified atom stereocenters. The number of aldehydes is 1. The number of amides is 2. The van der Waals surface area contributed by atoms with Crippen molar-refractivity contribution in [3.05, 3.63) is 101 Å². The van der Waals surface area contributed by atoms with Crippen LogP contribution in [0.25, 0.3) is 0 Å². The van der Waals surface area contributed by atoms with Crippen LogP contribution in [0, 0.1) is 11.8 Å². The van der Waals surface area contributed by atoms with Gasteiger partial charge in [-0.1, -0.05) is 54.6 Å². The number of anilines is 1. The molecule has 0 saturated carbocycles. The molecule has 2 amide bonds. The predicted molar refractivity (Wildman–Crippen MR) is 119 cm³/mol. The van der Waals surface area contributed by atoms with E-state index in [-0.39, 0.29) is 17.4 Å². The zero-order chi connectivity index (χ0) is 22.9. The molecule has 0 N–H and O–H groups in total. The largest absolute Gasteiger partial charge is 0.465 e. The lowest BCUT2D eigenvalue weighted by atomic mass is 9.48. The molecule has 7 rings (SSSR count). The van der Waals surface area contributed by atoms with Crippen molar-refractivity contribution in [3.63, 3.8) is 0 Å². The number of esters is 1. The third-order valence-corrected chi connectivity index (χ3v) is 7.40. The van der Waals surface area contributed by atoms with Crippen LogP contribution in [0.5, 0.6) is 0 Å². The molecule has 3 aromatic carbocycles. The first-order chi connectivity index (χ1) is 16.0. The van der Waals surface area contributed by atoms with Crippen LogP contribution in [0.15, 0.2) is 72.8 Å². The Morgan fingerprint density at radius 2 is 1.55 bits per heavy atom. The van der Waals surface area contributed by atoms with Gasteiger partial charge < -0.3 is 9.53 Å². The van der Waals surface area contributed by atoms with Crippen LogP contribution in [-0.2, 0) is 24.5 Å². The standard InChI is InChI=1S/C27H19NO5/c1-33-26(32)15-7-6-8-16(13-15)28-24(30)22-21-17-9-2-4-11-19(17)27(14-29,23(22)25(28)31)20-12-5-3-10-18(20)21/h2-14,21-23H,1H3/t21?,22-,23+,27?/m1/s1. The Labute approximate surface area is 189 Å². The van der Waals surface area contributed by atoms with E-state index in [1.54, 1.807) is 18.2 Å². The molecular weight excluding hydrogens is 418 g/mol. The summed E-state index contributed by atoms with van der Waals surface area (Å²) in [5.74, 6) is -3.21. The molecule has 4 aliphatic rings. The normalized spacial score (nSPS) is 26.5. The number of carbonyl (C=O) groups excluding carboxylic acids is 4. The topological polar surface area (TPSA) is 80.8 Å². The zero-order valence-electron chi connectivity index (χ0n) is 17.7. The highest BCUT2D eigenvalue weighted by Gasteiger charge is 2.68. The van der Waals surface area contributed by atoms with Crippen molar-refractivity contribution in [2.24, 2.45) is 11.8 Å². The second-order valence-electron chi connectivity index (χ2n) is 8.70. The molecule has 6 heteroatoms. The highest BCUT2D eigenvalue weighted by molar-refractivity contribution is 6.25. The van der Waals surface area contributed by atoms with E-state index in [0.717, 1.165) is 33.4 Å². The van der Waals surface area contributed by atoms with Gasteiger partial charge in [0.2, 0.25) is 11.8 Å². The molecule has 0 radical (unpaired) electrons. The molecule has 162 valence electrons. The van der Waals surface area contributed by atoms with Crippen LogP contribution < -0.4 is 4.90 Å². The Morgan fingerprint density at radius 1 is 0.909 bits per heavy atom. The molecule has 0 spiro atoms. The van der Waals surface area contributed by atoms with Gasteiger partial charge in [0.15, 0.2) is 0 Å². The van der Waals surface area contributed by atoms with Crippen LogP contribution in [-0.4, -0.2) is 31.2 Å². The number of methoxy groups -OCH3 is 1. The Kier molecular flexibility index (Phi) is 3.99. The number of hydrogen-bond donors (Lipinski definition) is 0. The molecule has 1 saturated heterocycles. The lowest BCUT2D eigenvalue weighted by Gasteiger charge is -2.51. The number of hydrogen-bond acceptors (Lipinski definition) is 5. The number of benzene rings is 3. The van der Waals surface area contributed by atoms with Crippen molar-refractivity contribution in [2.45, 2.75) is 11.3 Å². The summed E-state index contributed by atoms with van der Waals surface area (Å²) in [4.78, 5) is 53.9. The Morgan fingerprint density at radius 3 is 2.15 bits per heavy atom. The van der Waals surface area contributed by atoms with Gasteiger partial charge in [-0.3, -0.25) is 9.59 Å². The summed E-state index contributed by atoms with van der Waals surface area (Å²) in [7, 11) is 1.27. The van der Waals surface area contributed by atoms with Gasteiger partial charge in [-0.2, -0.15) is 0 Å². The maximum atomic E-state index is 13.9. The molecule has 33 heavy (non-hydrogen) atoms. The number of imide groups is 1. The fourth-order valence-corrected chi connectivity index (χ4v) is 6.17. The van der Waals surface area contributed by atoms with Crippen LogP contribution in [0.2, 0.25) is 0 Å². The molecule has 3 aromatic rings. The average molecular weight is 437 g/mol. The number of rotatable bonds is 3. The van der Waals surface area contributed by atoms with Gasteiger partial charge >= 0.3 is 5.97 Å². The minimum atomic E-state index is -1.24. The van der Waals surface area contributed by atoms with Crippen molar-refractivity contribution in [3.8, 4) is 0 Å². The first-order valence-corrected chi connectivity index (χ1v) is 10.8. The first-order valence-electron chi connectivity index (χ1n) is 10.8. The van der Waals surface area contributed by atoms with Crippen molar-refractivity contribution in [1.29, 1.82) is 0 Å². The van der Waals surface area contributed by atoms with Crippen molar-refractivity contribution >= 4 is 29.8 Å². The molecule has 6 nitrogen and oxygen atoms in total. The fraction of sp³-hybridized carbons (Fsp3) is 0.185. The summed E-state index contributed by atoms with van der Waals surface area (Å²) in [5, 5.41) is 0. The second-order valence-corrected chi connectivity index (χ2v) is 8.70. The third-order valence-electron chi connectivity index (χ3n) is 7.40. The Hall–Kier alpha value is -4.06. The van der Waals surface area contributed by atoms with E-state index in [2.05, 4.69) is 0 Å². The second kappa shape index (κ2) is 6.72. The molecule has 1 fully saturated rings. The van der Waals surface area contributed by atoms with E-state index in [4.69, 9.17) is 4.74 Å². The highest BCUT2D eigenvalue weighted by atomic mass is 16.5. The van der Waals surface area contributed by atoms with Crippen LogP contribution >= 0.6 is 0 Å². The maximum absolute atomic E-state index is 13.9. The molecule has 3 aliphatic carbocycles. The lowest BCUT2D eigenvalue weighted by Crippen LogP contribution is -2.54. The minimum absolute atomic E-state index is 0.241. The van der Waals surface area contributed by atoms with Gasteiger partial charge in [-0.05, 0) is 40.5 Å². The van der Waals surface area contributed by atoms with Crippen molar-refractivity contribution < 1.29 is 23.9 Å². The van der Waals surface area contributed by atoms with E-state index in [1.165, 1.54) is 13.2 Å². The van der Waals surface area contributed by atoms with Crippen LogP contribution in [0.4, 0.5) is 5.69 Å². The first kappa shape index (κ1) is 19.6. The number of ether oxygens (including phenoxy) is 1. The van der Waals surface area contributed by atoms with E-state index in [1.807, 2.05) is 48.5 Å². The van der Waals surface area contributed by atoms with Gasteiger partial charge in [0.05, 0.1) is 35.6 Å². The van der Waals surface area contributed by atoms with E-state index >= 15 is 0 Å². The minimum Gasteiger partial charge on any atom is -0.465 e. The SMILES string of the molecule is COC(=O)c1cccc(N2C(=O)[C@@H]3C4c5ccccc5C(C=O)(c5ccccc54)[C@@H]3C2=O)c1. The number of nitrogens with zero attached hydrogens (tertiary/aromatic N) is 1. The smallest absolute Gasteiger partial charge is 0.337 e. The van der Waals surface area contributed by atoms with Crippen LogP contribution in [0.1, 0.15) is 38.5 Å². The van der Waals surface area contributed by atoms with Gasteiger partial charge in [-0.25, -0.2) is 9.69 Å². The molecule has 1 heterocycles. The van der Waals surface area contributed by atoms with Gasteiger partial charge in [-0.15, -0.1) is 0 Å². The predicted octanol–water partition coefficient (Wildman–Crippen LogP) is 3.22. The molecular formula is C27H19NO5. The average Bonchev–Trinajstić information content (AvgIpc) is 3.14. The summed E-state index contributed by atoms with van der Waals surface area (Å²) in [6.07, 6.45) is 0.845. The maximum Gasteiger partial charge on any atom is 0.337 e. The van der Waals surface area contributed by atoms with Crippen LogP contribution in [0.3, 0.4) is 0 Å². The van der Waals surface area contributed by atoms with Crippen molar-refractivity contribution in [1.82, 2.24) is 0 Å². The molecule has 2 atom stereocenters. The fourth-order valence-electron chi connectivity index (χ4n) is 6.17. The summed E-state index contributed by atoms with van der Waals surface area (Å²) >= 11 is 0. The Balaban J connectivity index is 1.58. The van der Waals surface area contributed by atoms with E-state index in [9.17, 15) is 19.2 Å². The van der Waals surface area contributed by atoms with E-state index < -0.39 is 29.1 Å². The number of carbonyl (C=O) groups is 4. The van der Waals surface area contributed by atoms with Gasteiger partial charge in [0.25, 0.3) is 0 Å². The molecule has 0 aromatic heterocycles. The van der Waals surface area contributed by atoms with Crippen molar-refractivity contribution in [2.75, 3.05) is 12.0 Å². The lowest BCUT2D eigenvalue weighted by molar-refractivity contribution is -0.128. The summed E-state index contributed by atoms with van der Waals surface area (Å²) in [6.45, 7) is 0.